The van der Waals surface area contributed by atoms with Gasteiger partial charge in [-0.25, -0.2) is 0 Å². The smallest absolute Gasteiger partial charge is 0.300 e. The Labute approximate surface area is 213 Å². The summed E-state index contributed by atoms with van der Waals surface area (Å²) in [7, 11) is 1.42. The minimum atomic E-state index is -0.878. The number of anilines is 1. The second-order valence-corrected chi connectivity index (χ2v) is 8.71. The highest BCUT2D eigenvalue weighted by Gasteiger charge is 2.47. The molecule has 35 heavy (non-hydrogen) atoms. The van der Waals surface area contributed by atoms with E-state index in [0.29, 0.717) is 23.6 Å². The van der Waals surface area contributed by atoms with E-state index in [-0.39, 0.29) is 32.7 Å². The second-order valence-electron chi connectivity index (χ2n) is 7.90. The molecule has 1 amide bonds. The highest BCUT2D eigenvalue weighted by Crippen LogP contribution is 2.44. The van der Waals surface area contributed by atoms with Gasteiger partial charge in [-0.15, -0.1) is 0 Å². The lowest BCUT2D eigenvalue weighted by atomic mass is 9.95. The van der Waals surface area contributed by atoms with Crippen molar-refractivity contribution in [3.05, 3.63) is 93.5 Å². The molecule has 0 bridgehead atoms. The Morgan fingerprint density at radius 3 is 2.31 bits per heavy atom. The van der Waals surface area contributed by atoms with E-state index in [1.54, 1.807) is 48.5 Å². The maximum absolute atomic E-state index is 13.3. The van der Waals surface area contributed by atoms with Gasteiger partial charge in [0, 0.05) is 17.3 Å². The van der Waals surface area contributed by atoms with Gasteiger partial charge in [-0.1, -0.05) is 66.5 Å². The highest BCUT2D eigenvalue weighted by atomic mass is 35.5. The normalized spacial score (nSPS) is 17.0. The number of amides is 1. The molecule has 0 aromatic heterocycles. The Balaban J connectivity index is 1.90. The number of benzene rings is 3. The van der Waals surface area contributed by atoms with Crippen molar-refractivity contribution in [1.29, 1.82) is 0 Å². The van der Waals surface area contributed by atoms with Gasteiger partial charge in [-0.05, 0) is 36.2 Å². The maximum Gasteiger partial charge on any atom is 0.300 e. The summed E-state index contributed by atoms with van der Waals surface area (Å²) in [5.74, 6) is -1.15. The van der Waals surface area contributed by atoms with Crippen molar-refractivity contribution in [1.82, 2.24) is 0 Å². The second kappa shape index (κ2) is 10.4. The third-order valence-corrected chi connectivity index (χ3v) is 6.17. The van der Waals surface area contributed by atoms with Crippen LogP contribution < -0.4 is 14.4 Å². The molecular formula is C27H23Cl2NO5. The first-order chi connectivity index (χ1) is 16.9. The van der Waals surface area contributed by atoms with Crippen LogP contribution in [0.2, 0.25) is 10.0 Å². The van der Waals surface area contributed by atoms with Gasteiger partial charge in [-0.2, -0.15) is 0 Å². The lowest BCUT2D eigenvalue weighted by molar-refractivity contribution is -0.132. The summed E-state index contributed by atoms with van der Waals surface area (Å²) in [5.41, 5.74) is 1.25. The molecule has 1 unspecified atom stereocenters. The van der Waals surface area contributed by atoms with Crippen LogP contribution in [0.4, 0.5) is 5.69 Å². The molecule has 180 valence electrons. The Kier molecular flexibility index (Phi) is 7.34. The topological polar surface area (TPSA) is 76.1 Å². The number of carbonyl (C=O) groups is 2. The van der Waals surface area contributed by atoms with E-state index in [4.69, 9.17) is 32.7 Å². The largest absolute Gasteiger partial charge is 0.507 e. The van der Waals surface area contributed by atoms with Gasteiger partial charge in [0.05, 0.1) is 35.4 Å². The van der Waals surface area contributed by atoms with Crippen molar-refractivity contribution < 1.29 is 24.2 Å². The molecule has 1 heterocycles. The van der Waals surface area contributed by atoms with Gasteiger partial charge in [0.15, 0.2) is 5.75 Å². The third kappa shape index (κ3) is 4.72. The fourth-order valence-electron chi connectivity index (χ4n) is 4.04. The summed E-state index contributed by atoms with van der Waals surface area (Å²) < 4.78 is 10.9. The molecule has 1 fully saturated rings. The average molecular weight is 512 g/mol. The number of hydrogen-bond acceptors (Lipinski definition) is 5. The number of ketones is 1. The Morgan fingerprint density at radius 1 is 1.00 bits per heavy atom. The summed E-state index contributed by atoms with van der Waals surface area (Å²) >= 11 is 12.5. The zero-order valence-electron chi connectivity index (χ0n) is 19.1. The summed E-state index contributed by atoms with van der Waals surface area (Å²) in [4.78, 5) is 28.0. The molecule has 6 nitrogen and oxygen atoms in total. The van der Waals surface area contributed by atoms with Crippen LogP contribution in [-0.2, 0) is 9.59 Å². The SMILES string of the molecule is CCCOc1cccc(N2C(=O)C(=O)/C(=C(/O)c3cc(Cl)c(OC)c(Cl)c3)C2c2ccccc2)c1. The summed E-state index contributed by atoms with van der Waals surface area (Å²) in [5, 5.41) is 11.6. The van der Waals surface area contributed by atoms with E-state index in [1.165, 1.54) is 24.1 Å². The van der Waals surface area contributed by atoms with Crippen LogP contribution in [0.15, 0.2) is 72.3 Å². The van der Waals surface area contributed by atoms with Crippen molar-refractivity contribution in [2.24, 2.45) is 0 Å². The van der Waals surface area contributed by atoms with Crippen LogP contribution in [0.3, 0.4) is 0 Å². The zero-order valence-corrected chi connectivity index (χ0v) is 20.6. The average Bonchev–Trinajstić information content (AvgIpc) is 3.13. The Morgan fingerprint density at radius 2 is 1.69 bits per heavy atom. The van der Waals surface area contributed by atoms with Crippen LogP contribution in [0.1, 0.15) is 30.5 Å². The first kappa shape index (κ1) is 24.6. The molecule has 3 aromatic carbocycles. The monoisotopic (exact) mass is 511 g/mol. The number of aliphatic hydroxyl groups is 1. The van der Waals surface area contributed by atoms with Crippen molar-refractivity contribution in [3.63, 3.8) is 0 Å². The third-order valence-electron chi connectivity index (χ3n) is 5.60. The van der Waals surface area contributed by atoms with Gasteiger partial charge >= 0.3 is 0 Å². The van der Waals surface area contributed by atoms with Crippen LogP contribution in [-0.4, -0.2) is 30.5 Å². The molecule has 0 aliphatic carbocycles. The molecule has 1 saturated heterocycles. The van der Waals surface area contributed by atoms with Gasteiger partial charge in [0.1, 0.15) is 11.5 Å². The minimum absolute atomic E-state index is 0.0709. The molecule has 3 aromatic rings. The standard InChI is InChI=1S/C27H23Cl2NO5/c1-3-12-35-19-11-7-10-18(15-19)30-23(16-8-5-4-6-9-16)22(25(32)27(30)33)24(31)17-13-20(28)26(34-2)21(29)14-17/h4-11,13-15,23,31H,3,12H2,1-2H3/b24-22+. The summed E-state index contributed by atoms with van der Waals surface area (Å²) in [6, 6.07) is 18.0. The van der Waals surface area contributed by atoms with E-state index >= 15 is 0 Å². The number of aliphatic hydroxyl groups excluding tert-OH is 1. The first-order valence-corrected chi connectivity index (χ1v) is 11.7. The molecule has 1 aliphatic rings. The number of ether oxygens (including phenoxy) is 2. The van der Waals surface area contributed by atoms with E-state index < -0.39 is 17.7 Å². The minimum Gasteiger partial charge on any atom is -0.507 e. The summed E-state index contributed by atoms with van der Waals surface area (Å²) in [6.45, 7) is 2.51. The summed E-state index contributed by atoms with van der Waals surface area (Å²) in [6.07, 6.45) is 0.825. The molecule has 0 saturated carbocycles. The molecule has 1 N–H and O–H groups in total. The fraction of sp³-hybridized carbons (Fsp3) is 0.185. The molecular weight excluding hydrogens is 489 g/mol. The number of Topliss-reactive ketones (excluding diaryl/α,β-unsaturated/α-hetero) is 1. The van der Waals surface area contributed by atoms with Gasteiger partial charge < -0.3 is 14.6 Å². The number of rotatable bonds is 7. The van der Waals surface area contributed by atoms with Crippen molar-refractivity contribution >= 4 is 46.3 Å². The van der Waals surface area contributed by atoms with Crippen LogP contribution in [0.25, 0.3) is 5.76 Å². The number of methoxy groups -OCH3 is 1. The molecule has 8 heteroatoms. The number of carbonyl (C=O) groups excluding carboxylic acids is 2. The van der Waals surface area contributed by atoms with Crippen molar-refractivity contribution in [2.75, 3.05) is 18.6 Å². The van der Waals surface area contributed by atoms with Crippen molar-refractivity contribution in [3.8, 4) is 11.5 Å². The molecule has 1 aliphatic heterocycles. The van der Waals surface area contributed by atoms with Gasteiger partial charge in [0.25, 0.3) is 11.7 Å². The van der Waals surface area contributed by atoms with Crippen LogP contribution >= 0.6 is 23.2 Å². The van der Waals surface area contributed by atoms with E-state index in [2.05, 4.69) is 0 Å². The first-order valence-electron chi connectivity index (χ1n) is 11.0. The molecule has 0 radical (unpaired) electrons. The maximum atomic E-state index is 13.3. The quantitative estimate of drug-likeness (QED) is 0.225. The zero-order chi connectivity index (χ0) is 25.1. The molecule has 0 spiro atoms. The number of halogens is 2. The van der Waals surface area contributed by atoms with Gasteiger partial charge in [0.2, 0.25) is 0 Å². The number of hydrogen-bond donors (Lipinski definition) is 1. The lowest BCUT2D eigenvalue weighted by Gasteiger charge is -2.26. The van der Waals surface area contributed by atoms with E-state index in [9.17, 15) is 14.7 Å². The Bertz CT molecular complexity index is 1280. The van der Waals surface area contributed by atoms with Crippen LogP contribution in [0, 0.1) is 0 Å². The van der Waals surface area contributed by atoms with Crippen LogP contribution in [0.5, 0.6) is 11.5 Å². The molecule has 1 atom stereocenters. The predicted octanol–water partition coefficient (Wildman–Crippen LogP) is 6.42. The molecule has 4 rings (SSSR count). The predicted molar refractivity (Wildman–Crippen MR) is 136 cm³/mol. The Hall–Kier alpha value is -3.48. The van der Waals surface area contributed by atoms with E-state index in [1.807, 2.05) is 13.0 Å². The fourth-order valence-corrected chi connectivity index (χ4v) is 4.68. The number of nitrogens with zero attached hydrogens (tertiary/aromatic N) is 1. The lowest BCUT2D eigenvalue weighted by Crippen LogP contribution is -2.29. The van der Waals surface area contributed by atoms with Gasteiger partial charge in [-0.3, -0.25) is 14.5 Å². The highest BCUT2D eigenvalue weighted by molar-refractivity contribution is 6.51. The van der Waals surface area contributed by atoms with Crippen molar-refractivity contribution in [2.45, 2.75) is 19.4 Å². The van der Waals surface area contributed by atoms with E-state index in [0.717, 1.165) is 6.42 Å².